The molecule has 1 N–H and O–H groups in total. The average Bonchev–Trinajstić information content (AvgIpc) is 2.82. The lowest BCUT2D eigenvalue weighted by Gasteiger charge is -2.30. The molecule has 0 aliphatic heterocycles. The second-order valence-electron chi connectivity index (χ2n) is 5.03. The Hall–Kier alpha value is -1.03. The number of methoxy groups -OCH3 is 1. The van der Waals surface area contributed by atoms with Crippen molar-refractivity contribution in [1.29, 1.82) is 0 Å². The van der Waals surface area contributed by atoms with E-state index >= 15 is 0 Å². The summed E-state index contributed by atoms with van der Waals surface area (Å²) in [7, 11) is 1.74. The molecular formula is C14H25N3O. The van der Waals surface area contributed by atoms with Crippen molar-refractivity contribution in [2.24, 2.45) is 0 Å². The Labute approximate surface area is 110 Å². The normalized spacial score (nSPS) is 24.2. The lowest BCUT2D eigenvalue weighted by molar-refractivity contribution is 0.322. The molecule has 4 nitrogen and oxygen atoms in total. The maximum absolute atomic E-state index is 5.47. The van der Waals surface area contributed by atoms with E-state index in [-0.39, 0.29) is 0 Å². The summed E-state index contributed by atoms with van der Waals surface area (Å²) in [6.07, 6.45) is 6.91. The number of hydrogen-bond donors (Lipinski definition) is 1. The number of nitrogens with one attached hydrogen (secondary N) is 1. The van der Waals surface area contributed by atoms with Gasteiger partial charge in [0.15, 0.2) is 5.75 Å². The third-order valence-electron chi connectivity index (χ3n) is 3.92. The van der Waals surface area contributed by atoms with Crippen molar-refractivity contribution in [3.05, 3.63) is 11.9 Å². The first-order valence-corrected chi connectivity index (χ1v) is 7.13. The molecule has 1 fully saturated rings. The standard InChI is InChI=1S/C14H25N3O/c1-4-15-12-8-6-7-11(9-12)14-13(18-3)10-16-17(14)5-2/h10-12,15H,4-9H2,1-3H3. The van der Waals surface area contributed by atoms with Gasteiger partial charge in [-0.1, -0.05) is 13.3 Å². The van der Waals surface area contributed by atoms with Crippen LogP contribution >= 0.6 is 0 Å². The van der Waals surface area contributed by atoms with Gasteiger partial charge in [-0.05, 0) is 32.7 Å². The largest absolute Gasteiger partial charge is 0.493 e. The van der Waals surface area contributed by atoms with Gasteiger partial charge < -0.3 is 10.1 Å². The Morgan fingerprint density at radius 1 is 1.44 bits per heavy atom. The van der Waals surface area contributed by atoms with Crippen molar-refractivity contribution >= 4 is 0 Å². The van der Waals surface area contributed by atoms with Gasteiger partial charge in [0.2, 0.25) is 0 Å². The maximum Gasteiger partial charge on any atom is 0.160 e. The van der Waals surface area contributed by atoms with Gasteiger partial charge in [-0.15, -0.1) is 0 Å². The van der Waals surface area contributed by atoms with E-state index in [1.54, 1.807) is 7.11 Å². The van der Waals surface area contributed by atoms with Gasteiger partial charge in [0.1, 0.15) is 0 Å². The van der Waals surface area contributed by atoms with Gasteiger partial charge >= 0.3 is 0 Å². The molecule has 1 heterocycles. The van der Waals surface area contributed by atoms with E-state index in [2.05, 4.69) is 28.9 Å². The van der Waals surface area contributed by atoms with Crippen molar-refractivity contribution in [1.82, 2.24) is 15.1 Å². The second kappa shape index (κ2) is 6.23. The fourth-order valence-electron chi connectivity index (χ4n) is 3.11. The fourth-order valence-corrected chi connectivity index (χ4v) is 3.11. The predicted octanol–water partition coefficient (Wildman–Crippen LogP) is 2.55. The molecule has 2 rings (SSSR count). The van der Waals surface area contributed by atoms with E-state index in [9.17, 15) is 0 Å². The fraction of sp³-hybridized carbons (Fsp3) is 0.786. The van der Waals surface area contributed by atoms with Crippen molar-refractivity contribution < 1.29 is 4.74 Å². The lowest BCUT2D eigenvalue weighted by atomic mass is 9.83. The van der Waals surface area contributed by atoms with Gasteiger partial charge in [-0.3, -0.25) is 4.68 Å². The molecule has 1 saturated carbocycles. The van der Waals surface area contributed by atoms with E-state index in [4.69, 9.17) is 4.74 Å². The number of nitrogens with zero attached hydrogens (tertiary/aromatic N) is 2. The first kappa shape index (κ1) is 13.4. The van der Waals surface area contributed by atoms with Gasteiger partial charge in [0.25, 0.3) is 0 Å². The van der Waals surface area contributed by atoms with E-state index in [0.29, 0.717) is 12.0 Å². The van der Waals surface area contributed by atoms with Crippen molar-refractivity contribution in [2.45, 2.75) is 58.0 Å². The zero-order valence-corrected chi connectivity index (χ0v) is 11.8. The molecule has 102 valence electrons. The summed E-state index contributed by atoms with van der Waals surface area (Å²) in [5, 5.41) is 8.00. The van der Waals surface area contributed by atoms with Crippen molar-refractivity contribution in [3.63, 3.8) is 0 Å². The van der Waals surface area contributed by atoms with Gasteiger partial charge in [-0.2, -0.15) is 5.10 Å². The summed E-state index contributed by atoms with van der Waals surface area (Å²) in [5.74, 6) is 1.54. The summed E-state index contributed by atoms with van der Waals surface area (Å²) < 4.78 is 7.57. The Balaban J connectivity index is 2.16. The minimum Gasteiger partial charge on any atom is -0.493 e. The number of aryl methyl sites for hydroxylation is 1. The SMILES string of the molecule is CCNC1CCCC(c2c(OC)cnn2CC)C1. The third-order valence-corrected chi connectivity index (χ3v) is 3.92. The molecule has 0 radical (unpaired) electrons. The highest BCUT2D eigenvalue weighted by atomic mass is 16.5. The Kier molecular flexibility index (Phi) is 4.64. The van der Waals surface area contributed by atoms with Crippen LogP contribution in [0.1, 0.15) is 51.1 Å². The Bertz CT molecular complexity index is 352. The molecule has 1 aliphatic rings. The zero-order chi connectivity index (χ0) is 13.0. The molecule has 1 aliphatic carbocycles. The predicted molar refractivity (Wildman–Crippen MR) is 73.1 cm³/mol. The van der Waals surface area contributed by atoms with Crippen LogP contribution in [0.5, 0.6) is 5.75 Å². The Morgan fingerprint density at radius 3 is 2.94 bits per heavy atom. The number of rotatable bonds is 5. The summed E-state index contributed by atoms with van der Waals surface area (Å²) in [5.41, 5.74) is 1.29. The van der Waals surface area contributed by atoms with Crippen LogP contribution in [0.15, 0.2) is 6.20 Å². The number of aromatic nitrogens is 2. The second-order valence-corrected chi connectivity index (χ2v) is 5.03. The van der Waals surface area contributed by atoms with Gasteiger partial charge in [0, 0.05) is 18.5 Å². The van der Waals surface area contributed by atoms with E-state index < -0.39 is 0 Å². The number of hydrogen-bond acceptors (Lipinski definition) is 3. The topological polar surface area (TPSA) is 39.1 Å². The van der Waals surface area contributed by atoms with Crippen molar-refractivity contribution in [3.8, 4) is 5.75 Å². The molecule has 0 saturated heterocycles. The molecule has 0 bridgehead atoms. The van der Waals surface area contributed by atoms with Crippen LogP contribution in [-0.4, -0.2) is 29.5 Å². The molecule has 4 heteroatoms. The molecule has 2 atom stereocenters. The van der Waals surface area contributed by atoms with Crippen molar-refractivity contribution in [2.75, 3.05) is 13.7 Å². The molecule has 0 amide bonds. The maximum atomic E-state index is 5.47. The molecular weight excluding hydrogens is 226 g/mol. The van der Waals surface area contributed by atoms with Crippen LogP contribution in [0.25, 0.3) is 0 Å². The first-order chi connectivity index (χ1) is 8.80. The van der Waals surface area contributed by atoms with Crippen LogP contribution in [-0.2, 0) is 6.54 Å². The third kappa shape index (κ3) is 2.69. The summed E-state index contributed by atoms with van der Waals surface area (Å²) in [4.78, 5) is 0. The van der Waals surface area contributed by atoms with Gasteiger partial charge in [-0.25, -0.2) is 0 Å². The van der Waals surface area contributed by atoms with E-state index in [1.807, 2.05) is 6.20 Å². The molecule has 0 aromatic carbocycles. The lowest BCUT2D eigenvalue weighted by Crippen LogP contribution is -2.33. The zero-order valence-electron chi connectivity index (χ0n) is 11.8. The monoisotopic (exact) mass is 251 g/mol. The average molecular weight is 251 g/mol. The highest BCUT2D eigenvalue weighted by Crippen LogP contribution is 2.37. The van der Waals surface area contributed by atoms with E-state index in [1.165, 1.54) is 31.4 Å². The Morgan fingerprint density at radius 2 is 2.28 bits per heavy atom. The minimum atomic E-state index is 0.584. The molecule has 18 heavy (non-hydrogen) atoms. The van der Waals surface area contributed by atoms with Gasteiger partial charge in [0.05, 0.1) is 19.0 Å². The quantitative estimate of drug-likeness (QED) is 0.874. The highest BCUT2D eigenvalue weighted by molar-refractivity contribution is 5.29. The summed E-state index contributed by atoms with van der Waals surface area (Å²) >= 11 is 0. The van der Waals surface area contributed by atoms with Crippen LogP contribution < -0.4 is 10.1 Å². The van der Waals surface area contributed by atoms with E-state index in [0.717, 1.165) is 18.8 Å². The minimum absolute atomic E-state index is 0.584. The highest BCUT2D eigenvalue weighted by Gasteiger charge is 2.27. The molecule has 0 spiro atoms. The molecule has 1 aromatic heterocycles. The smallest absolute Gasteiger partial charge is 0.160 e. The van der Waals surface area contributed by atoms with Crippen LogP contribution in [0, 0.1) is 0 Å². The number of ether oxygens (including phenoxy) is 1. The van der Waals surface area contributed by atoms with Crippen LogP contribution in [0.2, 0.25) is 0 Å². The molecule has 2 unspecified atom stereocenters. The summed E-state index contributed by atoms with van der Waals surface area (Å²) in [6, 6.07) is 0.652. The van der Waals surface area contributed by atoms with Crippen LogP contribution in [0.3, 0.4) is 0 Å². The van der Waals surface area contributed by atoms with Crippen LogP contribution in [0.4, 0.5) is 0 Å². The first-order valence-electron chi connectivity index (χ1n) is 7.13. The molecule has 1 aromatic rings. The summed E-state index contributed by atoms with van der Waals surface area (Å²) in [6.45, 7) is 6.30.